The predicted octanol–water partition coefficient (Wildman–Crippen LogP) is 5.13. The van der Waals surface area contributed by atoms with Crippen LogP contribution in [0.5, 0.6) is 0 Å². The fraction of sp³-hybridized carbons (Fsp3) is 0.231. The number of fused-ring (bicyclic) bond motifs is 1. The second-order valence-corrected chi connectivity index (χ2v) is 4.22. The molecule has 2 aromatic carbocycles. The molecular weight excluding hydrogens is 289 g/mol. The highest BCUT2D eigenvalue weighted by Gasteiger charge is 2.73. The maximum atomic E-state index is 13.8. The normalized spacial score (nSPS) is 13.8. The van der Waals surface area contributed by atoms with Gasteiger partial charge in [0.2, 0.25) is 0 Å². The van der Waals surface area contributed by atoms with Gasteiger partial charge in [-0.1, -0.05) is 36.4 Å². The highest BCUT2D eigenvalue weighted by atomic mass is 19.4. The van der Waals surface area contributed by atoms with E-state index in [0.717, 1.165) is 6.07 Å². The van der Waals surface area contributed by atoms with Crippen molar-refractivity contribution in [1.82, 2.24) is 0 Å². The van der Waals surface area contributed by atoms with Gasteiger partial charge in [-0.05, 0) is 16.8 Å². The van der Waals surface area contributed by atoms with Crippen LogP contribution in [0.3, 0.4) is 0 Å². The van der Waals surface area contributed by atoms with E-state index in [0.29, 0.717) is 17.5 Å². The van der Waals surface area contributed by atoms with E-state index in [-0.39, 0.29) is 5.39 Å². The fourth-order valence-corrected chi connectivity index (χ4v) is 1.89. The Morgan fingerprint density at radius 3 is 1.60 bits per heavy atom. The van der Waals surface area contributed by atoms with Gasteiger partial charge in [-0.2, -0.15) is 26.3 Å². The van der Waals surface area contributed by atoms with Crippen LogP contribution in [-0.2, 0) is 5.67 Å². The Hall–Kier alpha value is -1.79. The Morgan fingerprint density at radius 2 is 1.10 bits per heavy atom. The van der Waals surface area contributed by atoms with Crippen LogP contribution in [0.25, 0.3) is 10.8 Å². The largest absolute Gasteiger partial charge is 0.435 e. The third-order valence-electron chi connectivity index (χ3n) is 2.93. The number of rotatable bonds is 1. The molecular formula is C13H7F7. The summed E-state index contributed by atoms with van der Waals surface area (Å²) < 4.78 is 89.4. The van der Waals surface area contributed by atoms with Crippen LogP contribution < -0.4 is 0 Å². The van der Waals surface area contributed by atoms with Crippen LogP contribution in [0.2, 0.25) is 0 Å². The van der Waals surface area contributed by atoms with Crippen LogP contribution >= 0.6 is 0 Å². The van der Waals surface area contributed by atoms with Crippen molar-refractivity contribution in [2.75, 3.05) is 0 Å². The van der Waals surface area contributed by atoms with Crippen LogP contribution in [0.4, 0.5) is 30.7 Å². The van der Waals surface area contributed by atoms with Crippen LogP contribution in [-0.4, -0.2) is 12.4 Å². The monoisotopic (exact) mass is 296 g/mol. The lowest BCUT2D eigenvalue weighted by atomic mass is 9.92. The molecule has 0 amide bonds. The number of halogens is 7. The Bertz CT molecular complexity index is 610. The van der Waals surface area contributed by atoms with Crippen LogP contribution in [0, 0.1) is 0 Å². The average Bonchev–Trinajstić information content (AvgIpc) is 2.34. The zero-order valence-electron chi connectivity index (χ0n) is 9.69. The molecule has 108 valence electrons. The summed E-state index contributed by atoms with van der Waals surface area (Å²) in [5.74, 6) is 0. The lowest BCUT2D eigenvalue weighted by Crippen LogP contribution is -2.50. The minimum absolute atomic E-state index is 0.0977. The van der Waals surface area contributed by atoms with Gasteiger partial charge in [0.25, 0.3) is 0 Å². The molecule has 0 saturated carbocycles. The molecule has 0 aliphatic rings. The molecule has 0 aliphatic carbocycles. The Balaban J connectivity index is 2.70. The van der Waals surface area contributed by atoms with Crippen molar-refractivity contribution in [2.24, 2.45) is 0 Å². The minimum atomic E-state index is -6.09. The summed E-state index contributed by atoms with van der Waals surface area (Å²) in [5, 5.41) is 0.517. The van der Waals surface area contributed by atoms with Gasteiger partial charge in [0, 0.05) is 5.56 Å². The first kappa shape index (κ1) is 14.6. The second-order valence-electron chi connectivity index (χ2n) is 4.22. The van der Waals surface area contributed by atoms with Gasteiger partial charge in [-0.3, -0.25) is 0 Å². The summed E-state index contributed by atoms with van der Waals surface area (Å²) in [7, 11) is 0. The summed E-state index contributed by atoms with van der Waals surface area (Å²) in [6, 6.07) is 7.91. The van der Waals surface area contributed by atoms with Crippen LogP contribution in [0.15, 0.2) is 42.5 Å². The van der Waals surface area contributed by atoms with Gasteiger partial charge in [0.15, 0.2) is 0 Å². The van der Waals surface area contributed by atoms with Crippen molar-refractivity contribution in [1.29, 1.82) is 0 Å². The maximum Gasteiger partial charge on any atom is 0.435 e. The van der Waals surface area contributed by atoms with Gasteiger partial charge in [-0.15, -0.1) is 0 Å². The first-order chi connectivity index (χ1) is 9.07. The number of hydrogen-bond donors (Lipinski definition) is 0. The van der Waals surface area contributed by atoms with Crippen molar-refractivity contribution in [2.45, 2.75) is 18.0 Å². The van der Waals surface area contributed by atoms with E-state index in [9.17, 15) is 30.7 Å². The molecule has 2 rings (SSSR count). The summed E-state index contributed by atoms with van der Waals surface area (Å²) in [5.41, 5.74) is -6.86. The summed E-state index contributed by atoms with van der Waals surface area (Å²) in [6.07, 6.45) is -12.2. The SMILES string of the molecule is FC(F)(F)C(F)(c1ccc2ccccc2c1)C(F)(F)F. The summed E-state index contributed by atoms with van der Waals surface area (Å²) >= 11 is 0. The Morgan fingerprint density at radius 1 is 0.600 bits per heavy atom. The second kappa shape index (κ2) is 4.36. The van der Waals surface area contributed by atoms with E-state index in [1.165, 1.54) is 18.2 Å². The zero-order valence-corrected chi connectivity index (χ0v) is 9.69. The first-order valence-electron chi connectivity index (χ1n) is 5.39. The van der Waals surface area contributed by atoms with E-state index in [1.54, 1.807) is 6.07 Å². The zero-order chi connectivity index (χ0) is 15.2. The first-order valence-corrected chi connectivity index (χ1v) is 5.39. The van der Waals surface area contributed by atoms with Gasteiger partial charge in [0.05, 0.1) is 0 Å². The molecule has 0 unspecified atom stereocenters. The lowest BCUT2D eigenvalue weighted by molar-refractivity contribution is -0.348. The Kier molecular flexibility index (Phi) is 3.19. The molecule has 0 bridgehead atoms. The average molecular weight is 296 g/mol. The third kappa shape index (κ3) is 2.10. The molecule has 0 atom stereocenters. The van der Waals surface area contributed by atoms with Crippen molar-refractivity contribution in [3.05, 3.63) is 48.0 Å². The molecule has 0 fully saturated rings. The maximum absolute atomic E-state index is 13.8. The third-order valence-corrected chi connectivity index (χ3v) is 2.93. The fourth-order valence-electron chi connectivity index (χ4n) is 1.89. The van der Waals surface area contributed by atoms with E-state index in [1.807, 2.05) is 0 Å². The predicted molar refractivity (Wildman–Crippen MR) is 58.8 cm³/mol. The number of alkyl halides is 7. The van der Waals surface area contributed by atoms with Crippen LogP contribution in [0.1, 0.15) is 5.56 Å². The van der Waals surface area contributed by atoms with Gasteiger partial charge in [0.1, 0.15) is 0 Å². The molecule has 7 heteroatoms. The van der Waals surface area contributed by atoms with Gasteiger partial charge in [-0.25, -0.2) is 4.39 Å². The molecule has 0 N–H and O–H groups in total. The summed E-state index contributed by atoms with van der Waals surface area (Å²) in [6.45, 7) is 0. The minimum Gasteiger partial charge on any atom is -0.218 e. The number of benzene rings is 2. The molecule has 0 spiro atoms. The van der Waals surface area contributed by atoms with Gasteiger partial charge >= 0.3 is 18.0 Å². The lowest BCUT2D eigenvalue weighted by Gasteiger charge is -2.30. The van der Waals surface area contributed by atoms with Crippen molar-refractivity contribution >= 4 is 10.8 Å². The highest BCUT2D eigenvalue weighted by Crippen LogP contribution is 2.53. The van der Waals surface area contributed by atoms with E-state index in [2.05, 4.69) is 0 Å². The quantitative estimate of drug-likeness (QED) is 0.640. The molecule has 0 radical (unpaired) electrons. The van der Waals surface area contributed by atoms with Gasteiger partial charge < -0.3 is 0 Å². The Labute approximate surface area is 108 Å². The molecule has 0 nitrogen and oxygen atoms in total. The standard InChI is InChI=1S/C13H7F7/c14-11(12(15,16)17,13(18,19)20)10-6-5-8-3-1-2-4-9(8)7-10/h1-7H. The molecule has 0 saturated heterocycles. The molecule has 20 heavy (non-hydrogen) atoms. The van der Waals surface area contributed by atoms with E-state index >= 15 is 0 Å². The molecule has 0 aliphatic heterocycles. The van der Waals surface area contributed by atoms with Crippen molar-refractivity contribution in [3.63, 3.8) is 0 Å². The molecule has 0 heterocycles. The highest BCUT2D eigenvalue weighted by molar-refractivity contribution is 5.83. The van der Waals surface area contributed by atoms with E-state index in [4.69, 9.17) is 0 Å². The smallest absolute Gasteiger partial charge is 0.218 e. The molecule has 0 aromatic heterocycles. The topological polar surface area (TPSA) is 0 Å². The summed E-state index contributed by atoms with van der Waals surface area (Å²) in [4.78, 5) is 0. The van der Waals surface area contributed by atoms with Crippen molar-refractivity contribution in [3.8, 4) is 0 Å². The number of hydrogen-bond acceptors (Lipinski definition) is 0. The molecule has 2 aromatic rings. The van der Waals surface area contributed by atoms with Crippen molar-refractivity contribution < 1.29 is 30.7 Å². The van der Waals surface area contributed by atoms with E-state index < -0.39 is 23.6 Å².